The summed E-state index contributed by atoms with van der Waals surface area (Å²) in [6.45, 7) is 2.22. The monoisotopic (exact) mass is 351 g/mol. The molecule has 6 heteroatoms. The van der Waals surface area contributed by atoms with Gasteiger partial charge in [-0.25, -0.2) is 0 Å². The highest BCUT2D eigenvalue weighted by molar-refractivity contribution is 5.91. The molecule has 1 N–H and O–H groups in total. The Morgan fingerprint density at radius 1 is 1.00 bits per heavy atom. The largest absolute Gasteiger partial charge is 0.459 e. The van der Waals surface area contributed by atoms with Gasteiger partial charge in [-0.05, 0) is 30.2 Å². The lowest BCUT2D eigenvalue weighted by Crippen LogP contribution is -2.50. The molecule has 0 atom stereocenters. The molecule has 1 fully saturated rings. The van der Waals surface area contributed by atoms with Crippen molar-refractivity contribution in [3.05, 3.63) is 60.2 Å². The van der Waals surface area contributed by atoms with Crippen molar-refractivity contribution in [2.24, 2.45) is 0 Å². The number of piperazine rings is 1. The minimum absolute atomic E-state index is 0.110. The topological polar surface area (TPSA) is 69.6 Å². The van der Waals surface area contributed by atoms with Crippen molar-refractivity contribution in [2.75, 3.05) is 26.2 Å². The molecule has 26 heavy (non-hydrogen) atoms. The predicted octanol–water partition coefficient (Wildman–Crippen LogP) is 2.68. The number of rotatable bonds is 4. The van der Waals surface area contributed by atoms with Crippen LogP contribution in [0, 0.1) is 0 Å². The van der Waals surface area contributed by atoms with Gasteiger partial charge in [-0.2, -0.15) is 0 Å². The Hall–Kier alpha value is -3.02. The molecule has 1 aromatic carbocycles. The Labute approximate surface area is 151 Å². The van der Waals surface area contributed by atoms with Crippen LogP contribution in [0.1, 0.15) is 22.5 Å². The van der Waals surface area contributed by atoms with Gasteiger partial charge in [-0.1, -0.05) is 18.2 Å². The van der Waals surface area contributed by atoms with Crippen LogP contribution >= 0.6 is 0 Å². The van der Waals surface area contributed by atoms with E-state index in [4.69, 9.17) is 4.42 Å². The van der Waals surface area contributed by atoms with Gasteiger partial charge < -0.3 is 19.2 Å². The highest BCUT2D eigenvalue weighted by Gasteiger charge is 2.25. The Balaban J connectivity index is 1.30. The Kier molecular flexibility index (Phi) is 4.48. The minimum Gasteiger partial charge on any atom is -0.459 e. The van der Waals surface area contributed by atoms with Crippen LogP contribution in [0.2, 0.25) is 0 Å². The molecule has 0 bridgehead atoms. The maximum atomic E-state index is 12.5. The molecule has 0 spiro atoms. The summed E-state index contributed by atoms with van der Waals surface area (Å²) in [7, 11) is 0. The van der Waals surface area contributed by atoms with Crippen molar-refractivity contribution >= 4 is 22.7 Å². The molecule has 4 rings (SSSR count). The van der Waals surface area contributed by atoms with E-state index in [0.29, 0.717) is 44.8 Å². The number of furan rings is 1. The number of nitrogens with zero attached hydrogens (tertiary/aromatic N) is 2. The first-order valence-corrected chi connectivity index (χ1v) is 8.88. The minimum atomic E-state index is -0.110. The second-order valence-electron chi connectivity index (χ2n) is 6.51. The molecular formula is C20H21N3O3. The first-order chi connectivity index (χ1) is 12.7. The molecule has 3 heterocycles. The summed E-state index contributed by atoms with van der Waals surface area (Å²) in [5, 5.41) is 1.18. The van der Waals surface area contributed by atoms with E-state index >= 15 is 0 Å². The van der Waals surface area contributed by atoms with Crippen LogP contribution in [-0.2, 0) is 11.2 Å². The fourth-order valence-corrected chi connectivity index (χ4v) is 3.45. The second-order valence-corrected chi connectivity index (χ2v) is 6.51. The number of carbonyl (C=O) groups excluding carboxylic acids is 2. The smallest absolute Gasteiger partial charge is 0.289 e. The molecule has 2 aromatic heterocycles. The summed E-state index contributed by atoms with van der Waals surface area (Å²) >= 11 is 0. The molecule has 134 valence electrons. The molecule has 6 nitrogen and oxygen atoms in total. The van der Waals surface area contributed by atoms with Crippen LogP contribution in [0.5, 0.6) is 0 Å². The average Bonchev–Trinajstić information content (AvgIpc) is 3.36. The van der Waals surface area contributed by atoms with Gasteiger partial charge >= 0.3 is 0 Å². The highest BCUT2D eigenvalue weighted by atomic mass is 16.3. The van der Waals surface area contributed by atoms with E-state index in [-0.39, 0.29) is 11.8 Å². The molecule has 0 saturated carbocycles. The van der Waals surface area contributed by atoms with Gasteiger partial charge in [0.25, 0.3) is 5.91 Å². The number of nitrogens with one attached hydrogen (secondary N) is 1. The molecule has 3 aromatic rings. The standard InChI is InChI=1S/C20H21N3O3/c24-19(8-7-15-14-21-17-5-2-1-4-16(15)17)22-9-11-23(12-10-22)20(25)18-6-3-13-26-18/h1-6,13-14,21H,7-12H2. The van der Waals surface area contributed by atoms with Crippen molar-refractivity contribution in [2.45, 2.75) is 12.8 Å². The normalized spacial score (nSPS) is 14.8. The Morgan fingerprint density at radius 2 is 1.77 bits per heavy atom. The number of para-hydroxylation sites is 1. The maximum Gasteiger partial charge on any atom is 0.289 e. The number of fused-ring (bicyclic) bond motifs is 1. The number of hydrogen-bond acceptors (Lipinski definition) is 3. The summed E-state index contributed by atoms with van der Waals surface area (Å²) in [5.74, 6) is 0.380. The van der Waals surface area contributed by atoms with Crippen molar-refractivity contribution in [3.8, 4) is 0 Å². The summed E-state index contributed by atoms with van der Waals surface area (Å²) in [5.41, 5.74) is 2.26. The van der Waals surface area contributed by atoms with E-state index in [1.54, 1.807) is 17.0 Å². The number of aryl methyl sites for hydroxylation is 1. The SMILES string of the molecule is O=C(CCc1c[nH]c2ccccc12)N1CCN(C(=O)c2ccco2)CC1. The molecule has 1 aliphatic heterocycles. The quantitative estimate of drug-likeness (QED) is 0.786. The number of carbonyl (C=O) groups is 2. The number of amides is 2. The van der Waals surface area contributed by atoms with Crippen LogP contribution in [0.3, 0.4) is 0 Å². The number of hydrogen-bond donors (Lipinski definition) is 1. The summed E-state index contributed by atoms with van der Waals surface area (Å²) in [4.78, 5) is 31.6. The summed E-state index contributed by atoms with van der Waals surface area (Å²) in [6.07, 6.45) is 4.68. The van der Waals surface area contributed by atoms with Gasteiger partial charge in [-0.3, -0.25) is 9.59 Å². The van der Waals surface area contributed by atoms with Gasteiger partial charge in [0.15, 0.2) is 5.76 Å². The van der Waals surface area contributed by atoms with Crippen LogP contribution in [-0.4, -0.2) is 52.8 Å². The molecular weight excluding hydrogens is 330 g/mol. The van der Waals surface area contributed by atoms with E-state index in [0.717, 1.165) is 5.52 Å². The van der Waals surface area contributed by atoms with Gasteiger partial charge in [0.2, 0.25) is 5.91 Å². The number of benzene rings is 1. The molecule has 0 aliphatic carbocycles. The van der Waals surface area contributed by atoms with Crippen molar-refractivity contribution in [3.63, 3.8) is 0 Å². The first-order valence-electron chi connectivity index (χ1n) is 8.88. The van der Waals surface area contributed by atoms with E-state index in [2.05, 4.69) is 11.1 Å². The summed E-state index contributed by atoms with van der Waals surface area (Å²) < 4.78 is 5.16. The number of aromatic amines is 1. The van der Waals surface area contributed by atoms with E-state index < -0.39 is 0 Å². The summed E-state index contributed by atoms with van der Waals surface area (Å²) in [6, 6.07) is 11.5. The first kappa shape index (κ1) is 16.4. The van der Waals surface area contributed by atoms with Gasteiger partial charge in [0.05, 0.1) is 6.26 Å². The number of aromatic nitrogens is 1. The van der Waals surface area contributed by atoms with Crippen molar-refractivity contribution < 1.29 is 14.0 Å². The van der Waals surface area contributed by atoms with Crippen LogP contribution in [0.4, 0.5) is 0 Å². The zero-order chi connectivity index (χ0) is 17.9. The molecule has 0 unspecified atom stereocenters. The van der Waals surface area contributed by atoms with E-state index in [1.807, 2.05) is 29.3 Å². The van der Waals surface area contributed by atoms with Gasteiger partial charge in [-0.15, -0.1) is 0 Å². The van der Waals surface area contributed by atoms with Crippen LogP contribution in [0.15, 0.2) is 53.3 Å². The zero-order valence-corrected chi connectivity index (χ0v) is 14.5. The van der Waals surface area contributed by atoms with Gasteiger partial charge in [0, 0.05) is 49.7 Å². The van der Waals surface area contributed by atoms with E-state index in [1.165, 1.54) is 17.2 Å². The average molecular weight is 351 g/mol. The lowest BCUT2D eigenvalue weighted by atomic mass is 10.1. The third kappa shape index (κ3) is 3.22. The molecule has 0 radical (unpaired) electrons. The number of H-pyrrole nitrogens is 1. The molecule has 1 saturated heterocycles. The second kappa shape index (κ2) is 7.07. The van der Waals surface area contributed by atoms with E-state index in [9.17, 15) is 9.59 Å². The lowest BCUT2D eigenvalue weighted by molar-refractivity contribution is -0.132. The predicted molar refractivity (Wildman–Crippen MR) is 97.8 cm³/mol. The van der Waals surface area contributed by atoms with Crippen molar-refractivity contribution in [1.82, 2.24) is 14.8 Å². The molecule has 1 aliphatic rings. The Bertz CT molecular complexity index is 905. The zero-order valence-electron chi connectivity index (χ0n) is 14.5. The maximum absolute atomic E-state index is 12.5. The highest BCUT2D eigenvalue weighted by Crippen LogP contribution is 2.19. The fraction of sp³-hybridized carbons (Fsp3) is 0.300. The van der Waals surface area contributed by atoms with Crippen molar-refractivity contribution in [1.29, 1.82) is 0 Å². The van der Waals surface area contributed by atoms with Gasteiger partial charge in [0.1, 0.15) is 0 Å². The van der Waals surface area contributed by atoms with Crippen LogP contribution < -0.4 is 0 Å². The third-order valence-electron chi connectivity index (χ3n) is 4.93. The third-order valence-corrected chi connectivity index (χ3v) is 4.93. The van der Waals surface area contributed by atoms with Crippen LogP contribution in [0.25, 0.3) is 10.9 Å². The fourth-order valence-electron chi connectivity index (χ4n) is 3.45. The Morgan fingerprint density at radius 3 is 2.54 bits per heavy atom. The molecule has 2 amide bonds. The lowest BCUT2D eigenvalue weighted by Gasteiger charge is -2.34.